The summed E-state index contributed by atoms with van der Waals surface area (Å²) in [6.07, 6.45) is 5.82. The highest BCUT2D eigenvalue weighted by Crippen LogP contribution is 2.44. The number of carbonyl (C=O) groups excluding carboxylic acids is 3. The van der Waals surface area contributed by atoms with Crippen LogP contribution in [0.1, 0.15) is 72.1 Å². The van der Waals surface area contributed by atoms with E-state index in [1.54, 1.807) is 4.90 Å². The van der Waals surface area contributed by atoms with Crippen molar-refractivity contribution in [2.75, 3.05) is 18.6 Å². The summed E-state index contributed by atoms with van der Waals surface area (Å²) >= 11 is 0. The highest BCUT2D eigenvalue weighted by Gasteiger charge is 2.39. The highest BCUT2D eigenvalue weighted by atomic mass is 16.5. The van der Waals surface area contributed by atoms with Crippen molar-refractivity contribution in [3.05, 3.63) is 132 Å². The summed E-state index contributed by atoms with van der Waals surface area (Å²) in [5.41, 5.74) is 9.11. The molecular formula is C43H40N8O4. The van der Waals surface area contributed by atoms with Crippen molar-refractivity contribution in [2.24, 2.45) is 0 Å². The van der Waals surface area contributed by atoms with Crippen LogP contribution in [-0.2, 0) is 27.2 Å². The third-order valence-electron chi connectivity index (χ3n) is 11.0. The molecule has 2 aromatic heterocycles. The van der Waals surface area contributed by atoms with E-state index in [0.717, 1.165) is 71.6 Å². The average molecular weight is 733 g/mol. The van der Waals surface area contributed by atoms with Crippen LogP contribution in [0.5, 0.6) is 0 Å². The number of hydrogen-bond donors (Lipinski definition) is 3. The third kappa shape index (κ3) is 6.43. The number of anilines is 1. The number of imidazole rings is 1. The van der Waals surface area contributed by atoms with E-state index in [-0.39, 0.29) is 23.9 Å². The molecule has 5 heterocycles. The van der Waals surface area contributed by atoms with Gasteiger partial charge in [-0.15, -0.1) is 0 Å². The third-order valence-corrected chi connectivity index (χ3v) is 11.0. The van der Waals surface area contributed by atoms with Crippen LogP contribution in [0, 0.1) is 0 Å². The molecule has 3 N–H and O–H groups in total. The maximum atomic E-state index is 13.9. The Morgan fingerprint density at radius 1 is 0.818 bits per heavy atom. The molecular weight excluding hydrogens is 693 g/mol. The molecule has 3 aliphatic rings. The fraction of sp³-hybridized carbons (Fsp3) is 0.256. The molecule has 0 radical (unpaired) electrons. The number of amides is 3. The van der Waals surface area contributed by atoms with Gasteiger partial charge < -0.3 is 24.8 Å². The second-order valence-electron chi connectivity index (χ2n) is 14.3. The van der Waals surface area contributed by atoms with Crippen LogP contribution in [0.4, 0.5) is 10.5 Å². The average Bonchev–Trinajstić information content (AvgIpc) is 4.05. The summed E-state index contributed by atoms with van der Waals surface area (Å²) < 4.78 is 4.82. The number of aryl methyl sites for hydroxylation is 1. The number of rotatable bonds is 8. The zero-order valence-corrected chi connectivity index (χ0v) is 30.4. The number of aromatic amines is 2. The van der Waals surface area contributed by atoms with Gasteiger partial charge in [0.05, 0.1) is 36.8 Å². The number of hydrogen-bond acceptors (Lipinski definition) is 7. The van der Waals surface area contributed by atoms with Crippen molar-refractivity contribution in [1.29, 1.82) is 0 Å². The van der Waals surface area contributed by atoms with Gasteiger partial charge in [0.2, 0.25) is 5.91 Å². The van der Waals surface area contributed by atoms with Crippen LogP contribution in [0.25, 0.3) is 33.8 Å². The summed E-state index contributed by atoms with van der Waals surface area (Å²) in [5, 5.41) is 10.3. The summed E-state index contributed by atoms with van der Waals surface area (Å²) in [6.45, 7) is 0.538. The fourth-order valence-corrected chi connectivity index (χ4v) is 8.29. The fourth-order valence-electron chi connectivity index (χ4n) is 8.29. The predicted molar refractivity (Wildman–Crippen MR) is 207 cm³/mol. The van der Waals surface area contributed by atoms with Crippen molar-refractivity contribution < 1.29 is 19.1 Å². The molecule has 3 amide bonds. The molecule has 3 atom stereocenters. The second kappa shape index (κ2) is 14.3. The normalized spacial score (nSPS) is 18.2. The first-order valence-corrected chi connectivity index (χ1v) is 18.8. The Balaban J connectivity index is 0.881. The molecule has 12 nitrogen and oxygen atoms in total. The maximum absolute atomic E-state index is 13.9. The Kier molecular flexibility index (Phi) is 8.93. The van der Waals surface area contributed by atoms with Gasteiger partial charge in [0, 0.05) is 24.9 Å². The van der Waals surface area contributed by atoms with E-state index in [1.807, 2.05) is 65.7 Å². The molecule has 0 unspecified atom stereocenters. The quantitative estimate of drug-likeness (QED) is 0.149. The summed E-state index contributed by atoms with van der Waals surface area (Å²) in [5.74, 6) is 1.89. The maximum Gasteiger partial charge on any atom is 0.407 e. The van der Waals surface area contributed by atoms with Gasteiger partial charge >= 0.3 is 6.09 Å². The van der Waals surface area contributed by atoms with Gasteiger partial charge in [-0.3, -0.25) is 14.7 Å². The number of aromatic nitrogens is 5. The lowest BCUT2D eigenvalue weighted by molar-refractivity contribution is -0.134. The molecule has 4 aromatic carbocycles. The zero-order valence-electron chi connectivity index (χ0n) is 30.4. The van der Waals surface area contributed by atoms with Gasteiger partial charge in [-0.1, -0.05) is 97.1 Å². The van der Waals surface area contributed by atoms with Crippen molar-refractivity contribution in [3.8, 4) is 33.8 Å². The molecule has 55 heavy (non-hydrogen) atoms. The van der Waals surface area contributed by atoms with E-state index in [2.05, 4.69) is 63.0 Å². The van der Waals surface area contributed by atoms with Crippen LogP contribution in [0.2, 0.25) is 0 Å². The first-order valence-electron chi connectivity index (χ1n) is 18.8. The molecule has 276 valence electrons. The SMILES string of the molecule is COC(=O)N[C@@H](C(=O)N1CCC[C@H]1c1nc(-c2ccc(-c3ccc(-c4cnc([C@@H]5Cc6cccc7c6N5C(=O)CCC7)[nH]4)cc3)cc2)n[nH]1)c1ccccc1. The largest absolute Gasteiger partial charge is 0.453 e. The molecule has 1 fully saturated rings. The Hall–Kier alpha value is -6.56. The zero-order chi connectivity index (χ0) is 37.5. The van der Waals surface area contributed by atoms with E-state index in [1.165, 1.54) is 18.2 Å². The number of para-hydroxylation sites is 1. The molecule has 0 bridgehead atoms. The summed E-state index contributed by atoms with van der Waals surface area (Å²) in [7, 11) is 1.28. The minimum Gasteiger partial charge on any atom is -0.453 e. The standard InChI is InChI=1S/C43H40N8O4/c1-55-43(54)46-37(29-8-3-2-4-9-29)42(53)50-23-7-13-34(50)41-47-39(48-49-41)31-21-17-27(18-22-31)26-15-19-28(20-16-26)33-25-44-40(45-33)35-24-32-12-5-10-30-11-6-14-36(52)51(35)38(30)32/h2-5,8-10,12,15-22,25,34-35,37H,6-7,11,13-14,23-24H2,1H3,(H,44,45)(H,46,54)(H,47,48,49)/t34-,35-,37+/m0/s1. The van der Waals surface area contributed by atoms with E-state index in [0.29, 0.717) is 30.2 Å². The predicted octanol–water partition coefficient (Wildman–Crippen LogP) is 7.26. The number of methoxy groups -OCH3 is 1. The molecule has 0 aliphatic carbocycles. The number of ether oxygens (including phenoxy) is 1. The minimum atomic E-state index is -0.888. The number of carbonyl (C=O) groups is 3. The van der Waals surface area contributed by atoms with Gasteiger partial charge in [0.25, 0.3) is 5.91 Å². The minimum absolute atomic E-state index is 0.129. The van der Waals surface area contributed by atoms with Crippen LogP contribution < -0.4 is 10.2 Å². The van der Waals surface area contributed by atoms with Crippen molar-refractivity contribution in [2.45, 2.75) is 56.7 Å². The van der Waals surface area contributed by atoms with Crippen LogP contribution in [-0.4, -0.2) is 61.6 Å². The van der Waals surface area contributed by atoms with Gasteiger partial charge in [-0.2, -0.15) is 5.10 Å². The van der Waals surface area contributed by atoms with Gasteiger partial charge in [-0.05, 0) is 59.1 Å². The number of alkyl carbamates (subject to hydrolysis) is 1. The lowest BCUT2D eigenvalue weighted by Crippen LogP contribution is -2.42. The number of nitrogens with one attached hydrogen (secondary N) is 3. The van der Waals surface area contributed by atoms with Gasteiger partial charge in [0.15, 0.2) is 5.82 Å². The molecule has 9 rings (SSSR count). The Bertz CT molecular complexity index is 2370. The number of benzene rings is 4. The van der Waals surface area contributed by atoms with Gasteiger partial charge in [0.1, 0.15) is 17.7 Å². The monoisotopic (exact) mass is 732 g/mol. The Labute approximate surface area is 318 Å². The van der Waals surface area contributed by atoms with Crippen molar-refractivity contribution in [1.82, 2.24) is 35.4 Å². The van der Waals surface area contributed by atoms with Gasteiger partial charge in [-0.25, -0.2) is 14.8 Å². The molecule has 0 spiro atoms. The summed E-state index contributed by atoms with van der Waals surface area (Å²) in [4.78, 5) is 56.1. The lowest BCUT2D eigenvalue weighted by Gasteiger charge is -2.28. The van der Waals surface area contributed by atoms with Crippen LogP contribution in [0.3, 0.4) is 0 Å². The molecule has 12 heteroatoms. The van der Waals surface area contributed by atoms with E-state index < -0.39 is 12.1 Å². The number of likely N-dealkylation sites (tertiary alicyclic amines) is 1. The van der Waals surface area contributed by atoms with Crippen LogP contribution >= 0.6 is 0 Å². The molecule has 6 aromatic rings. The van der Waals surface area contributed by atoms with E-state index in [4.69, 9.17) is 14.7 Å². The second-order valence-corrected chi connectivity index (χ2v) is 14.3. The smallest absolute Gasteiger partial charge is 0.407 e. The van der Waals surface area contributed by atoms with E-state index in [9.17, 15) is 14.4 Å². The molecule has 1 saturated heterocycles. The van der Waals surface area contributed by atoms with Crippen molar-refractivity contribution >= 4 is 23.6 Å². The van der Waals surface area contributed by atoms with E-state index >= 15 is 0 Å². The highest BCUT2D eigenvalue weighted by molar-refractivity contribution is 5.98. The molecule has 0 saturated carbocycles. The van der Waals surface area contributed by atoms with Crippen molar-refractivity contribution in [3.63, 3.8) is 0 Å². The molecule has 3 aliphatic heterocycles. The Morgan fingerprint density at radius 3 is 2.31 bits per heavy atom. The summed E-state index contributed by atoms with van der Waals surface area (Å²) in [6, 6.07) is 30.7. The first-order chi connectivity index (χ1) is 26.9. The Morgan fingerprint density at radius 2 is 1.55 bits per heavy atom. The number of H-pyrrole nitrogens is 2. The first kappa shape index (κ1) is 34.2. The topological polar surface area (TPSA) is 149 Å². The number of nitrogens with zero attached hydrogens (tertiary/aromatic N) is 5. The lowest BCUT2D eigenvalue weighted by atomic mass is 10.0. The van der Waals surface area contributed by atoms with Crippen LogP contribution in [0.15, 0.2) is 103 Å².